The molecule has 1 aromatic carbocycles. The van der Waals surface area contributed by atoms with Gasteiger partial charge in [-0.25, -0.2) is 9.48 Å². The van der Waals surface area contributed by atoms with E-state index in [9.17, 15) is 4.79 Å². The predicted octanol–water partition coefficient (Wildman–Crippen LogP) is 4.36. The lowest BCUT2D eigenvalue weighted by atomic mass is 10.2. The minimum Gasteiger partial charge on any atom is -0.495 e. The number of benzene rings is 1. The molecule has 3 rings (SSSR count). The van der Waals surface area contributed by atoms with Crippen LogP contribution in [-0.2, 0) is 17.9 Å². The van der Waals surface area contributed by atoms with Gasteiger partial charge in [-0.15, -0.1) is 16.4 Å². The van der Waals surface area contributed by atoms with Crippen LogP contribution < -0.4 is 4.74 Å². The minimum atomic E-state index is -0.545. The number of ether oxygens (including phenoxy) is 2. The second-order valence-electron chi connectivity index (χ2n) is 5.45. The van der Waals surface area contributed by atoms with Gasteiger partial charge in [0.1, 0.15) is 15.6 Å². The Kier molecular flexibility index (Phi) is 5.95. The van der Waals surface area contributed by atoms with Crippen LogP contribution in [0.2, 0.25) is 10.0 Å². The number of nitrogens with zero attached hydrogens (tertiary/aromatic N) is 4. The van der Waals surface area contributed by atoms with E-state index in [0.29, 0.717) is 38.3 Å². The molecule has 0 saturated carbocycles. The van der Waals surface area contributed by atoms with Crippen molar-refractivity contribution < 1.29 is 14.3 Å². The summed E-state index contributed by atoms with van der Waals surface area (Å²) >= 11 is 13.8. The number of hydrogen-bond donors (Lipinski definition) is 0. The molecule has 0 atom stereocenters. The third-order valence-electron chi connectivity index (χ3n) is 3.77. The van der Waals surface area contributed by atoms with Crippen LogP contribution in [0.15, 0.2) is 12.1 Å². The molecule has 0 aliphatic heterocycles. The van der Waals surface area contributed by atoms with Crippen molar-refractivity contribution in [2.45, 2.75) is 32.9 Å². The highest BCUT2D eigenvalue weighted by Crippen LogP contribution is 2.43. The summed E-state index contributed by atoms with van der Waals surface area (Å²) in [5, 5.41) is 12.8. The molecule has 0 fully saturated rings. The highest BCUT2D eigenvalue weighted by molar-refractivity contribution is 7.22. The molecule has 0 saturated heterocycles. The van der Waals surface area contributed by atoms with Crippen molar-refractivity contribution in [2.24, 2.45) is 0 Å². The SMILES string of the molecule is CCCCn1nnnc1COC(=O)c1sc2c(Cl)c(OC)ccc2c1Cl. The first-order valence-electron chi connectivity index (χ1n) is 7.93. The summed E-state index contributed by atoms with van der Waals surface area (Å²) in [5.41, 5.74) is 0. The quantitative estimate of drug-likeness (QED) is 0.534. The molecule has 138 valence electrons. The Bertz CT molecular complexity index is 941. The third kappa shape index (κ3) is 3.62. The molecule has 10 heteroatoms. The maximum absolute atomic E-state index is 12.5. The van der Waals surface area contributed by atoms with E-state index in [2.05, 4.69) is 22.4 Å². The van der Waals surface area contributed by atoms with Gasteiger partial charge in [-0.2, -0.15) is 0 Å². The second-order valence-corrected chi connectivity index (χ2v) is 7.23. The number of thiophene rings is 1. The van der Waals surface area contributed by atoms with Gasteiger partial charge in [-0.05, 0) is 29.0 Å². The zero-order valence-corrected chi connectivity index (χ0v) is 16.5. The maximum Gasteiger partial charge on any atom is 0.350 e. The smallest absolute Gasteiger partial charge is 0.350 e. The topological polar surface area (TPSA) is 79.1 Å². The second kappa shape index (κ2) is 8.20. The Hall–Kier alpha value is -1.90. The van der Waals surface area contributed by atoms with Crippen molar-refractivity contribution in [3.8, 4) is 5.75 Å². The molecule has 0 aliphatic carbocycles. The summed E-state index contributed by atoms with van der Waals surface area (Å²) in [6, 6.07) is 3.47. The molecule has 0 unspecified atom stereocenters. The third-order valence-corrected chi connectivity index (χ3v) is 5.96. The first kappa shape index (κ1) is 18.9. The lowest BCUT2D eigenvalue weighted by Crippen LogP contribution is -2.10. The number of tetrazole rings is 1. The fourth-order valence-corrected chi connectivity index (χ4v) is 4.15. The van der Waals surface area contributed by atoms with Gasteiger partial charge >= 0.3 is 5.97 Å². The summed E-state index contributed by atoms with van der Waals surface area (Å²) in [5.74, 6) is 0.465. The lowest BCUT2D eigenvalue weighted by Gasteiger charge is -2.04. The minimum absolute atomic E-state index is 0.0306. The van der Waals surface area contributed by atoms with Gasteiger partial charge in [0.15, 0.2) is 12.4 Å². The Labute approximate surface area is 163 Å². The van der Waals surface area contributed by atoms with E-state index >= 15 is 0 Å². The van der Waals surface area contributed by atoms with Crippen LogP contribution in [0.3, 0.4) is 0 Å². The highest BCUT2D eigenvalue weighted by atomic mass is 35.5. The summed E-state index contributed by atoms with van der Waals surface area (Å²) in [4.78, 5) is 12.8. The lowest BCUT2D eigenvalue weighted by molar-refractivity contribution is 0.0462. The number of halogens is 2. The van der Waals surface area contributed by atoms with Gasteiger partial charge in [0.05, 0.1) is 16.8 Å². The predicted molar refractivity (Wildman–Crippen MR) is 100 cm³/mol. The van der Waals surface area contributed by atoms with E-state index in [-0.39, 0.29) is 11.5 Å². The molecule has 0 radical (unpaired) electrons. The van der Waals surface area contributed by atoms with Gasteiger partial charge in [-0.1, -0.05) is 36.5 Å². The molecule has 2 aromatic heterocycles. The summed E-state index contributed by atoms with van der Waals surface area (Å²) in [6.07, 6.45) is 1.95. The molecular weight excluding hydrogens is 399 g/mol. The average Bonchev–Trinajstić information content (AvgIpc) is 3.23. The summed E-state index contributed by atoms with van der Waals surface area (Å²) in [7, 11) is 1.53. The van der Waals surface area contributed by atoms with Gasteiger partial charge in [0.25, 0.3) is 0 Å². The van der Waals surface area contributed by atoms with Crippen molar-refractivity contribution in [3.63, 3.8) is 0 Å². The van der Waals surface area contributed by atoms with Crippen molar-refractivity contribution in [1.29, 1.82) is 0 Å². The van der Waals surface area contributed by atoms with Crippen LogP contribution in [-0.4, -0.2) is 33.3 Å². The van der Waals surface area contributed by atoms with Gasteiger partial charge in [0, 0.05) is 11.9 Å². The van der Waals surface area contributed by atoms with E-state index in [1.165, 1.54) is 18.4 Å². The average molecular weight is 415 g/mol. The molecule has 0 N–H and O–H groups in total. The summed E-state index contributed by atoms with van der Waals surface area (Å²) in [6.45, 7) is 2.72. The van der Waals surface area contributed by atoms with Gasteiger partial charge < -0.3 is 9.47 Å². The number of fused-ring (bicyclic) bond motifs is 1. The zero-order valence-electron chi connectivity index (χ0n) is 14.2. The zero-order chi connectivity index (χ0) is 18.7. The largest absolute Gasteiger partial charge is 0.495 e. The molecule has 0 amide bonds. The number of aromatic nitrogens is 4. The fraction of sp³-hybridized carbons (Fsp3) is 0.375. The Morgan fingerprint density at radius 2 is 2.12 bits per heavy atom. The standard InChI is InChI=1S/C16H16Cl2N4O3S/c1-3-4-7-22-11(19-20-21-22)8-25-16(23)15-12(17)9-5-6-10(24-2)13(18)14(9)26-15/h5-6H,3-4,7-8H2,1-2H3. The van der Waals surface area contributed by atoms with Crippen molar-refractivity contribution >= 4 is 50.6 Å². The van der Waals surface area contributed by atoms with E-state index in [1.54, 1.807) is 16.8 Å². The first-order valence-corrected chi connectivity index (χ1v) is 9.50. The molecular formula is C16H16Cl2N4O3S. The maximum atomic E-state index is 12.5. The Morgan fingerprint density at radius 1 is 1.31 bits per heavy atom. The first-order chi connectivity index (χ1) is 12.6. The van der Waals surface area contributed by atoms with Crippen LogP contribution in [0, 0.1) is 0 Å². The van der Waals surface area contributed by atoms with E-state index < -0.39 is 5.97 Å². The monoisotopic (exact) mass is 414 g/mol. The molecule has 2 heterocycles. The van der Waals surface area contributed by atoms with Crippen LogP contribution in [0.25, 0.3) is 10.1 Å². The highest BCUT2D eigenvalue weighted by Gasteiger charge is 2.22. The number of carbonyl (C=O) groups is 1. The molecule has 0 aliphatic rings. The Balaban J connectivity index is 1.79. The molecule has 7 nitrogen and oxygen atoms in total. The van der Waals surface area contributed by atoms with Crippen molar-refractivity contribution in [1.82, 2.24) is 20.2 Å². The number of rotatable bonds is 7. The number of methoxy groups -OCH3 is 1. The van der Waals surface area contributed by atoms with Crippen LogP contribution in [0.4, 0.5) is 0 Å². The fourth-order valence-electron chi connectivity index (χ4n) is 2.37. The summed E-state index contributed by atoms with van der Waals surface area (Å²) < 4.78 is 12.9. The molecule has 0 spiro atoms. The number of hydrogen-bond acceptors (Lipinski definition) is 7. The molecule has 0 bridgehead atoms. The van der Waals surface area contributed by atoms with Crippen LogP contribution in [0.5, 0.6) is 5.75 Å². The van der Waals surface area contributed by atoms with Crippen molar-refractivity contribution in [3.05, 3.63) is 32.9 Å². The number of aryl methyl sites for hydroxylation is 1. The van der Waals surface area contributed by atoms with E-state index in [0.717, 1.165) is 12.8 Å². The number of carbonyl (C=O) groups excluding carboxylic acids is 1. The molecule has 26 heavy (non-hydrogen) atoms. The van der Waals surface area contributed by atoms with E-state index in [1.807, 2.05) is 0 Å². The molecule has 3 aromatic rings. The van der Waals surface area contributed by atoms with Gasteiger partial charge in [0.2, 0.25) is 0 Å². The van der Waals surface area contributed by atoms with E-state index in [4.69, 9.17) is 32.7 Å². The number of esters is 1. The normalized spacial score (nSPS) is 11.1. The number of unbranched alkanes of at least 4 members (excludes halogenated alkanes) is 1. The Morgan fingerprint density at radius 3 is 2.85 bits per heavy atom. The van der Waals surface area contributed by atoms with Gasteiger partial charge in [-0.3, -0.25) is 0 Å². The van der Waals surface area contributed by atoms with Crippen LogP contribution in [0.1, 0.15) is 35.3 Å². The van der Waals surface area contributed by atoms with Crippen LogP contribution >= 0.6 is 34.5 Å². The van der Waals surface area contributed by atoms with Crippen molar-refractivity contribution in [2.75, 3.05) is 7.11 Å².